The molecule has 5 rings (SSSR count). The molecule has 0 saturated carbocycles. The Bertz CT molecular complexity index is 1680. The molecule has 0 fully saturated rings. The molecule has 46 heavy (non-hydrogen) atoms. The molecule has 240 valence electrons. The number of nitrogens with zero attached hydrogens (tertiary/aromatic N) is 1. The summed E-state index contributed by atoms with van der Waals surface area (Å²) in [5.41, 5.74) is 1.72. The number of carbonyl (C=O) groups is 1. The average Bonchev–Trinajstić information content (AvgIpc) is 3.49. The third kappa shape index (κ3) is 7.29. The van der Waals surface area contributed by atoms with Crippen LogP contribution in [0.3, 0.4) is 0 Å². The number of amides is 1. The van der Waals surface area contributed by atoms with Crippen molar-refractivity contribution in [3.63, 3.8) is 0 Å². The number of aliphatic hydroxyl groups excluding tert-OH is 1. The third-order valence-corrected chi connectivity index (χ3v) is 8.55. The van der Waals surface area contributed by atoms with Crippen molar-refractivity contribution in [1.29, 1.82) is 0 Å². The van der Waals surface area contributed by atoms with E-state index in [1.54, 1.807) is 27.4 Å². The second kappa shape index (κ2) is 15.2. The van der Waals surface area contributed by atoms with Gasteiger partial charge in [0.1, 0.15) is 23.0 Å². The molecular weight excluding hydrogens is 652 g/mol. The number of rotatable bonds is 14. The molecule has 0 aliphatic carbocycles. The molecule has 1 aliphatic heterocycles. The second-order valence-electron chi connectivity index (χ2n) is 10.7. The molecule has 2 N–H and O–H groups in total. The first-order valence-electron chi connectivity index (χ1n) is 14.9. The fourth-order valence-corrected chi connectivity index (χ4v) is 5.77. The van der Waals surface area contributed by atoms with Crippen LogP contribution in [0.15, 0.2) is 100 Å². The number of benzene rings is 4. The van der Waals surface area contributed by atoms with E-state index in [2.05, 4.69) is 21.2 Å². The van der Waals surface area contributed by atoms with Gasteiger partial charge in [-0.3, -0.25) is 4.79 Å². The Morgan fingerprint density at radius 1 is 0.891 bits per heavy atom. The standard InChI is InChI=1S/C36H37BrN2O7/c1-42-29-10-6-9-25(20-29)33-36(22-26-8-4-5-11-31(26)37,35(41)38-23-27-14-17-30(43-2)21-32(27)44-3)39-34(46-33)24-12-15-28(16-13-24)45-19-7-18-40/h4-6,8-17,20-21,33,40H,7,18-19,22-23H2,1-3H3,(H,38,41)/t33-,36-/m1/s1. The van der Waals surface area contributed by atoms with E-state index in [9.17, 15) is 4.79 Å². The normalized spacial score (nSPS) is 17.1. The van der Waals surface area contributed by atoms with Crippen LogP contribution in [0.4, 0.5) is 0 Å². The summed E-state index contributed by atoms with van der Waals surface area (Å²) >= 11 is 3.68. The lowest BCUT2D eigenvalue weighted by Crippen LogP contribution is -2.49. The first-order valence-corrected chi connectivity index (χ1v) is 15.7. The van der Waals surface area contributed by atoms with Gasteiger partial charge in [0.2, 0.25) is 5.90 Å². The number of hydrogen-bond acceptors (Lipinski definition) is 8. The number of carbonyl (C=O) groups excluding carboxylic acids is 1. The minimum Gasteiger partial charge on any atom is -0.497 e. The molecular formula is C36H37BrN2O7. The van der Waals surface area contributed by atoms with Crippen molar-refractivity contribution in [1.82, 2.24) is 5.32 Å². The molecule has 10 heteroatoms. The SMILES string of the molecule is COc1cccc([C@H]2OC(c3ccc(OCCCO)cc3)=N[C@@]2(Cc2ccccc2Br)C(=O)NCc2ccc(OC)cc2OC)c1. The predicted molar refractivity (Wildman–Crippen MR) is 179 cm³/mol. The highest BCUT2D eigenvalue weighted by Gasteiger charge is 2.53. The van der Waals surface area contributed by atoms with E-state index < -0.39 is 11.6 Å². The van der Waals surface area contributed by atoms with Crippen LogP contribution in [-0.2, 0) is 22.5 Å². The zero-order valence-electron chi connectivity index (χ0n) is 26.0. The number of nitrogens with one attached hydrogen (secondary N) is 1. The lowest BCUT2D eigenvalue weighted by atomic mass is 9.82. The number of aliphatic imine (C=N–C) groups is 1. The molecule has 0 radical (unpaired) electrons. The van der Waals surface area contributed by atoms with Crippen LogP contribution >= 0.6 is 15.9 Å². The average molecular weight is 690 g/mol. The van der Waals surface area contributed by atoms with E-state index in [-0.39, 0.29) is 25.5 Å². The van der Waals surface area contributed by atoms with E-state index in [1.165, 1.54) is 0 Å². The third-order valence-electron chi connectivity index (χ3n) is 7.78. The molecule has 0 spiro atoms. The number of hydrogen-bond donors (Lipinski definition) is 2. The Morgan fingerprint density at radius 2 is 1.63 bits per heavy atom. The van der Waals surface area contributed by atoms with E-state index >= 15 is 0 Å². The lowest BCUT2D eigenvalue weighted by Gasteiger charge is -2.31. The van der Waals surface area contributed by atoms with E-state index in [1.807, 2.05) is 84.9 Å². The second-order valence-corrected chi connectivity index (χ2v) is 11.5. The molecule has 9 nitrogen and oxygen atoms in total. The van der Waals surface area contributed by atoms with Crippen molar-refractivity contribution in [3.8, 4) is 23.0 Å². The minimum absolute atomic E-state index is 0.0569. The zero-order chi connectivity index (χ0) is 32.5. The summed E-state index contributed by atoms with van der Waals surface area (Å²) in [6.07, 6.45) is -0.00858. The Labute approximate surface area is 277 Å². The van der Waals surface area contributed by atoms with Gasteiger partial charge in [-0.1, -0.05) is 46.3 Å². The van der Waals surface area contributed by atoms with Gasteiger partial charge in [0.25, 0.3) is 5.91 Å². The number of halogens is 1. The highest BCUT2D eigenvalue weighted by molar-refractivity contribution is 9.10. The van der Waals surface area contributed by atoms with Crippen molar-refractivity contribution >= 4 is 27.7 Å². The number of aliphatic hydroxyl groups is 1. The van der Waals surface area contributed by atoms with Crippen LogP contribution in [0.2, 0.25) is 0 Å². The maximum absolute atomic E-state index is 14.6. The van der Waals surface area contributed by atoms with E-state index in [0.29, 0.717) is 47.5 Å². The molecule has 1 heterocycles. The molecule has 4 aromatic carbocycles. The molecule has 2 atom stereocenters. The maximum atomic E-state index is 14.6. The summed E-state index contributed by atoms with van der Waals surface area (Å²) in [7, 11) is 4.77. The van der Waals surface area contributed by atoms with E-state index in [4.69, 9.17) is 33.8 Å². The number of ether oxygens (including phenoxy) is 5. The van der Waals surface area contributed by atoms with E-state index in [0.717, 1.165) is 21.2 Å². The van der Waals surface area contributed by atoms with Crippen LogP contribution in [0.1, 0.15) is 34.8 Å². The van der Waals surface area contributed by atoms with Crippen LogP contribution in [0.25, 0.3) is 0 Å². The van der Waals surface area contributed by atoms with Crippen LogP contribution in [0, 0.1) is 0 Å². The van der Waals surface area contributed by atoms with Crippen molar-refractivity contribution < 1.29 is 33.6 Å². The molecule has 0 saturated heterocycles. The zero-order valence-corrected chi connectivity index (χ0v) is 27.6. The van der Waals surface area contributed by atoms with Gasteiger partial charge in [-0.15, -0.1) is 0 Å². The van der Waals surface area contributed by atoms with Gasteiger partial charge < -0.3 is 34.1 Å². The van der Waals surface area contributed by atoms with Gasteiger partial charge >= 0.3 is 0 Å². The summed E-state index contributed by atoms with van der Waals surface area (Å²) in [4.78, 5) is 19.8. The predicted octanol–water partition coefficient (Wildman–Crippen LogP) is 6.05. The Morgan fingerprint density at radius 3 is 2.35 bits per heavy atom. The first kappa shape index (κ1) is 32.8. The van der Waals surface area contributed by atoms with Gasteiger partial charge in [0, 0.05) is 47.7 Å². The van der Waals surface area contributed by atoms with Crippen molar-refractivity contribution in [2.24, 2.45) is 4.99 Å². The summed E-state index contributed by atoms with van der Waals surface area (Å²) in [6.45, 7) is 0.653. The van der Waals surface area contributed by atoms with Gasteiger partial charge in [-0.2, -0.15) is 0 Å². The fraction of sp³-hybridized carbons (Fsp3) is 0.278. The molecule has 0 unspecified atom stereocenters. The van der Waals surface area contributed by atoms with Crippen LogP contribution in [0.5, 0.6) is 23.0 Å². The summed E-state index contributed by atoms with van der Waals surface area (Å²) < 4.78 is 29.7. The lowest BCUT2D eigenvalue weighted by molar-refractivity contribution is -0.129. The molecule has 0 aromatic heterocycles. The molecule has 0 bridgehead atoms. The van der Waals surface area contributed by atoms with Gasteiger partial charge in [0.05, 0.1) is 27.9 Å². The molecule has 1 aliphatic rings. The van der Waals surface area contributed by atoms with Crippen LogP contribution < -0.4 is 24.3 Å². The largest absolute Gasteiger partial charge is 0.497 e. The highest BCUT2D eigenvalue weighted by atomic mass is 79.9. The summed E-state index contributed by atoms with van der Waals surface area (Å²) in [5, 5.41) is 12.2. The van der Waals surface area contributed by atoms with Gasteiger partial charge in [-0.25, -0.2) is 4.99 Å². The van der Waals surface area contributed by atoms with Crippen molar-refractivity contribution in [2.75, 3.05) is 34.5 Å². The minimum atomic E-state index is -1.40. The monoisotopic (exact) mass is 688 g/mol. The first-order chi connectivity index (χ1) is 22.4. The van der Waals surface area contributed by atoms with Gasteiger partial charge in [0.15, 0.2) is 11.6 Å². The summed E-state index contributed by atoms with van der Waals surface area (Å²) in [5.74, 6) is 2.56. The summed E-state index contributed by atoms with van der Waals surface area (Å²) in [6, 6.07) is 28.1. The quantitative estimate of drug-likeness (QED) is 0.155. The molecule has 4 aromatic rings. The molecule has 1 amide bonds. The Balaban J connectivity index is 1.58. The fourth-order valence-electron chi connectivity index (χ4n) is 5.35. The van der Waals surface area contributed by atoms with Gasteiger partial charge in [-0.05, 0) is 65.7 Å². The maximum Gasteiger partial charge on any atom is 0.252 e. The number of methoxy groups -OCH3 is 3. The van der Waals surface area contributed by atoms with Crippen molar-refractivity contribution in [3.05, 3.63) is 118 Å². The van der Waals surface area contributed by atoms with Crippen molar-refractivity contribution in [2.45, 2.75) is 31.0 Å². The van der Waals surface area contributed by atoms with Crippen LogP contribution in [-0.4, -0.2) is 57.0 Å². The Hall–Kier alpha value is -4.54. The Kier molecular flexibility index (Phi) is 10.8. The topological polar surface area (TPSA) is 108 Å². The smallest absolute Gasteiger partial charge is 0.252 e. The highest BCUT2D eigenvalue weighted by Crippen LogP contribution is 2.44.